The summed E-state index contributed by atoms with van der Waals surface area (Å²) in [4.78, 5) is 19.2. The topological polar surface area (TPSA) is 45.2 Å². The van der Waals surface area contributed by atoms with Gasteiger partial charge in [-0.3, -0.25) is 14.7 Å². The smallest absolute Gasteiger partial charge is 0.251 e. The Bertz CT molecular complexity index is 679. The summed E-state index contributed by atoms with van der Waals surface area (Å²) >= 11 is 0. The Labute approximate surface area is 150 Å². The molecule has 4 heteroatoms. The van der Waals surface area contributed by atoms with Crippen LogP contribution in [-0.2, 0) is 0 Å². The van der Waals surface area contributed by atoms with Gasteiger partial charge in [-0.1, -0.05) is 43.2 Å². The maximum absolute atomic E-state index is 12.6. The van der Waals surface area contributed by atoms with Gasteiger partial charge in [0.2, 0.25) is 0 Å². The van der Waals surface area contributed by atoms with E-state index in [-0.39, 0.29) is 11.9 Å². The molecule has 1 N–H and O–H groups in total. The van der Waals surface area contributed by atoms with Gasteiger partial charge in [0, 0.05) is 24.5 Å². The number of nitrogens with one attached hydrogen (secondary N) is 1. The van der Waals surface area contributed by atoms with E-state index in [4.69, 9.17) is 0 Å². The van der Waals surface area contributed by atoms with Crippen LogP contribution in [0, 0.1) is 6.92 Å². The van der Waals surface area contributed by atoms with Gasteiger partial charge in [0.25, 0.3) is 5.91 Å². The Kier molecular flexibility index (Phi) is 6.18. The minimum atomic E-state index is -0.0179. The van der Waals surface area contributed by atoms with Crippen LogP contribution in [0.3, 0.4) is 0 Å². The van der Waals surface area contributed by atoms with Crippen LogP contribution in [0.4, 0.5) is 0 Å². The summed E-state index contributed by atoms with van der Waals surface area (Å²) in [7, 11) is 0. The molecule has 1 unspecified atom stereocenters. The van der Waals surface area contributed by atoms with Crippen LogP contribution >= 0.6 is 0 Å². The Balaban J connectivity index is 1.73. The lowest BCUT2D eigenvalue weighted by molar-refractivity contribution is 0.0932. The lowest BCUT2D eigenvalue weighted by Gasteiger charge is -2.31. The highest BCUT2D eigenvalue weighted by atomic mass is 16.1. The second-order valence-electron chi connectivity index (χ2n) is 6.78. The van der Waals surface area contributed by atoms with Crippen molar-refractivity contribution in [2.24, 2.45) is 0 Å². The van der Waals surface area contributed by atoms with Crippen molar-refractivity contribution in [3.05, 3.63) is 65.5 Å². The molecule has 2 heterocycles. The molecule has 1 amide bonds. The Morgan fingerprint density at radius 1 is 1.12 bits per heavy atom. The van der Waals surface area contributed by atoms with Gasteiger partial charge in [0.15, 0.2) is 0 Å². The summed E-state index contributed by atoms with van der Waals surface area (Å²) in [5.74, 6) is -0.0179. The molecule has 1 aromatic heterocycles. The third kappa shape index (κ3) is 4.67. The Hall–Kier alpha value is -2.20. The monoisotopic (exact) mass is 337 g/mol. The van der Waals surface area contributed by atoms with Crippen LogP contribution in [-0.4, -0.2) is 35.4 Å². The number of amides is 1. The number of rotatable bonds is 5. The molecule has 1 aromatic carbocycles. The Morgan fingerprint density at radius 2 is 1.84 bits per heavy atom. The highest BCUT2D eigenvalue weighted by molar-refractivity contribution is 5.95. The van der Waals surface area contributed by atoms with Gasteiger partial charge in [-0.25, -0.2) is 0 Å². The number of carbonyl (C=O) groups is 1. The molecule has 2 aromatic rings. The van der Waals surface area contributed by atoms with E-state index in [0.717, 1.165) is 18.7 Å². The number of aryl methyl sites for hydroxylation is 1. The molecule has 1 fully saturated rings. The van der Waals surface area contributed by atoms with E-state index in [1.165, 1.54) is 31.2 Å². The van der Waals surface area contributed by atoms with E-state index in [2.05, 4.69) is 39.5 Å². The normalized spacial score (nSPS) is 16.8. The van der Waals surface area contributed by atoms with E-state index in [9.17, 15) is 4.79 Å². The van der Waals surface area contributed by atoms with E-state index < -0.39 is 0 Å². The van der Waals surface area contributed by atoms with Crippen molar-refractivity contribution < 1.29 is 4.79 Å². The lowest BCUT2D eigenvalue weighted by atomic mass is 10.0. The highest BCUT2D eigenvalue weighted by Crippen LogP contribution is 2.24. The molecule has 25 heavy (non-hydrogen) atoms. The zero-order chi connectivity index (χ0) is 17.5. The van der Waals surface area contributed by atoms with Crippen molar-refractivity contribution >= 4 is 5.91 Å². The van der Waals surface area contributed by atoms with Crippen molar-refractivity contribution in [2.75, 3.05) is 19.6 Å². The molecule has 0 spiro atoms. The molecule has 4 nitrogen and oxygen atoms in total. The first kappa shape index (κ1) is 17.6. The minimum absolute atomic E-state index is 0.0179. The van der Waals surface area contributed by atoms with Crippen LogP contribution < -0.4 is 5.32 Å². The number of nitrogens with zero attached hydrogens (tertiary/aromatic N) is 2. The zero-order valence-electron chi connectivity index (χ0n) is 14.9. The summed E-state index contributed by atoms with van der Waals surface area (Å²) in [6.45, 7) is 4.75. The summed E-state index contributed by atoms with van der Waals surface area (Å²) in [5, 5.41) is 3.15. The zero-order valence-corrected chi connectivity index (χ0v) is 14.9. The molecule has 3 rings (SSSR count). The molecule has 1 saturated heterocycles. The first-order valence-electron chi connectivity index (χ1n) is 9.23. The SMILES string of the molecule is Cc1cnccc1C(=O)NCC(c1ccccc1)N1CCCCCC1. The minimum Gasteiger partial charge on any atom is -0.350 e. The number of hydrogen-bond acceptors (Lipinski definition) is 3. The molecule has 0 radical (unpaired) electrons. The van der Waals surface area contributed by atoms with Gasteiger partial charge < -0.3 is 5.32 Å². The second-order valence-corrected chi connectivity index (χ2v) is 6.78. The summed E-state index contributed by atoms with van der Waals surface area (Å²) in [6.07, 6.45) is 8.49. The predicted molar refractivity (Wildman–Crippen MR) is 101 cm³/mol. The van der Waals surface area contributed by atoms with E-state index in [0.29, 0.717) is 12.1 Å². The fourth-order valence-electron chi connectivity index (χ4n) is 3.55. The summed E-state index contributed by atoms with van der Waals surface area (Å²) in [6, 6.07) is 12.5. The fourth-order valence-corrected chi connectivity index (χ4v) is 3.55. The van der Waals surface area contributed by atoms with E-state index >= 15 is 0 Å². The number of hydrogen-bond donors (Lipinski definition) is 1. The van der Waals surface area contributed by atoms with E-state index in [1.54, 1.807) is 18.5 Å². The first-order valence-corrected chi connectivity index (χ1v) is 9.23. The highest BCUT2D eigenvalue weighted by Gasteiger charge is 2.22. The standard InChI is InChI=1S/C21H27N3O/c1-17-15-22-12-11-19(17)21(25)23-16-20(18-9-5-4-6-10-18)24-13-7-2-3-8-14-24/h4-6,9-12,15,20H,2-3,7-8,13-14,16H2,1H3,(H,23,25). The molecule has 0 bridgehead atoms. The quantitative estimate of drug-likeness (QED) is 0.904. The number of likely N-dealkylation sites (tertiary alicyclic amines) is 1. The lowest BCUT2D eigenvalue weighted by Crippen LogP contribution is -2.38. The van der Waals surface area contributed by atoms with Crippen LogP contribution in [0.1, 0.15) is 53.2 Å². The maximum Gasteiger partial charge on any atom is 0.251 e. The molecule has 0 aliphatic carbocycles. The maximum atomic E-state index is 12.6. The summed E-state index contributed by atoms with van der Waals surface area (Å²) < 4.78 is 0. The van der Waals surface area contributed by atoms with Gasteiger partial charge in [0.1, 0.15) is 0 Å². The molecule has 1 aliphatic rings. The molecule has 0 saturated carbocycles. The molecule has 132 valence electrons. The molecular weight excluding hydrogens is 310 g/mol. The van der Waals surface area contributed by atoms with Gasteiger partial charge in [-0.05, 0) is 50.0 Å². The molecule has 1 atom stereocenters. The number of carbonyl (C=O) groups excluding carboxylic acids is 1. The van der Waals surface area contributed by atoms with Crippen molar-refractivity contribution in [1.82, 2.24) is 15.2 Å². The van der Waals surface area contributed by atoms with Crippen LogP contribution in [0.2, 0.25) is 0 Å². The van der Waals surface area contributed by atoms with Crippen molar-refractivity contribution in [3.63, 3.8) is 0 Å². The first-order chi connectivity index (χ1) is 12.3. The average Bonchev–Trinajstić information content (AvgIpc) is 2.92. The van der Waals surface area contributed by atoms with Gasteiger partial charge >= 0.3 is 0 Å². The van der Waals surface area contributed by atoms with Gasteiger partial charge in [-0.2, -0.15) is 0 Å². The number of pyridine rings is 1. The average molecular weight is 337 g/mol. The van der Waals surface area contributed by atoms with Crippen molar-refractivity contribution in [3.8, 4) is 0 Å². The number of aromatic nitrogens is 1. The van der Waals surface area contributed by atoms with Crippen LogP contribution in [0.25, 0.3) is 0 Å². The molecule has 1 aliphatic heterocycles. The van der Waals surface area contributed by atoms with Gasteiger partial charge in [0.05, 0.1) is 6.04 Å². The molecular formula is C21H27N3O. The third-order valence-electron chi connectivity index (χ3n) is 4.99. The Morgan fingerprint density at radius 3 is 2.52 bits per heavy atom. The predicted octanol–water partition coefficient (Wildman–Crippen LogP) is 3.74. The van der Waals surface area contributed by atoms with Crippen LogP contribution in [0.15, 0.2) is 48.8 Å². The van der Waals surface area contributed by atoms with Crippen molar-refractivity contribution in [1.29, 1.82) is 0 Å². The fraction of sp³-hybridized carbons (Fsp3) is 0.429. The summed E-state index contributed by atoms with van der Waals surface area (Å²) in [5.41, 5.74) is 2.89. The van der Waals surface area contributed by atoms with Crippen molar-refractivity contribution in [2.45, 2.75) is 38.6 Å². The third-order valence-corrected chi connectivity index (χ3v) is 4.99. The largest absolute Gasteiger partial charge is 0.350 e. The van der Waals surface area contributed by atoms with E-state index in [1.807, 2.05) is 13.0 Å². The van der Waals surface area contributed by atoms with Crippen LogP contribution in [0.5, 0.6) is 0 Å². The number of benzene rings is 1. The second kappa shape index (κ2) is 8.77. The van der Waals surface area contributed by atoms with Gasteiger partial charge in [-0.15, -0.1) is 0 Å².